The van der Waals surface area contributed by atoms with Crippen molar-refractivity contribution in [1.82, 2.24) is 0 Å². The minimum Gasteiger partial charge on any atom is -0.497 e. The minimum atomic E-state index is -0.488. The molecule has 0 saturated carbocycles. The van der Waals surface area contributed by atoms with Crippen LogP contribution >= 0.6 is 0 Å². The quantitative estimate of drug-likeness (QED) is 0.654. The van der Waals surface area contributed by atoms with Gasteiger partial charge in [-0.2, -0.15) is 0 Å². The van der Waals surface area contributed by atoms with E-state index in [1.54, 1.807) is 44.4 Å². The Hall–Kier alpha value is -3.28. The van der Waals surface area contributed by atoms with Crippen molar-refractivity contribution in [2.45, 2.75) is 6.92 Å². The van der Waals surface area contributed by atoms with Gasteiger partial charge in [-0.05, 0) is 36.8 Å². The first-order chi connectivity index (χ1) is 12.5. The summed E-state index contributed by atoms with van der Waals surface area (Å²) in [6.07, 6.45) is 0. The van der Waals surface area contributed by atoms with Crippen LogP contribution in [0.5, 0.6) is 11.5 Å². The Balaban J connectivity index is 2.02. The Bertz CT molecular complexity index is 1000. The highest BCUT2D eigenvalue weighted by molar-refractivity contribution is 5.84. The number of benzene rings is 2. The second-order valence-corrected chi connectivity index (χ2v) is 5.61. The van der Waals surface area contributed by atoms with Crippen LogP contribution in [0.25, 0.3) is 22.1 Å². The lowest BCUT2D eigenvalue weighted by Crippen LogP contribution is -2.12. The number of rotatable bonds is 5. The van der Waals surface area contributed by atoms with Gasteiger partial charge in [0.1, 0.15) is 22.8 Å². The van der Waals surface area contributed by atoms with E-state index in [4.69, 9.17) is 13.9 Å². The van der Waals surface area contributed by atoms with Crippen LogP contribution in [0.4, 0.5) is 0 Å². The molecule has 0 aliphatic rings. The van der Waals surface area contributed by atoms with E-state index in [-0.39, 0.29) is 12.0 Å². The van der Waals surface area contributed by atoms with E-state index in [0.29, 0.717) is 33.8 Å². The maximum Gasteiger partial charge on any atom is 0.343 e. The van der Waals surface area contributed by atoms with Crippen molar-refractivity contribution in [3.05, 3.63) is 58.4 Å². The number of fused-ring (bicyclic) bond motifs is 1. The summed E-state index contributed by atoms with van der Waals surface area (Å²) in [7, 11) is 2.87. The van der Waals surface area contributed by atoms with Crippen molar-refractivity contribution in [2.24, 2.45) is 0 Å². The molecule has 0 aliphatic heterocycles. The molecule has 0 unspecified atom stereocenters. The lowest BCUT2D eigenvalue weighted by atomic mass is 10.0. The molecule has 6 nitrogen and oxygen atoms in total. The number of hydrogen-bond donors (Lipinski definition) is 0. The van der Waals surface area contributed by atoms with Crippen molar-refractivity contribution < 1.29 is 23.4 Å². The van der Waals surface area contributed by atoms with Crippen molar-refractivity contribution in [3.63, 3.8) is 0 Å². The van der Waals surface area contributed by atoms with Crippen molar-refractivity contribution in [1.29, 1.82) is 0 Å². The molecule has 134 valence electrons. The number of ether oxygens (including phenoxy) is 3. The van der Waals surface area contributed by atoms with Gasteiger partial charge in [0, 0.05) is 6.07 Å². The van der Waals surface area contributed by atoms with Crippen LogP contribution in [-0.2, 0) is 9.53 Å². The fourth-order valence-corrected chi connectivity index (χ4v) is 2.67. The molecule has 0 atom stereocenters. The average molecular weight is 354 g/mol. The van der Waals surface area contributed by atoms with E-state index in [1.807, 2.05) is 12.1 Å². The van der Waals surface area contributed by atoms with Crippen molar-refractivity contribution in [2.75, 3.05) is 20.8 Å². The van der Waals surface area contributed by atoms with Gasteiger partial charge >= 0.3 is 5.97 Å². The maximum atomic E-state index is 12.9. The third-order valence-electron chi connectivity index (χ3n) is 4.00. The van der Waals surface area contributed by atoms with Crippen molar-refractivity contribution in [3.8, 4) is 22.6 Å². The van der Waals surface area contributed by atoms with Gasteiger partial charge in [0.2, 0.25) is 5.43 Å². The van der Waals surface area contributed by atoms with E-state index < -0.39 is 5.97 Å². The highest BCUT2D eigenvalue weighted by Crippen LogP contribution is 2.27. The zero-order valence-corrected chi connectivity index (χ0v) is 14.7. The molecule has 6 heteroatoms. The van der Waals surface area contributed by atoms with Crippen molar-refractivity contribution >= 4 is 16.9 Å². The highest BCUT2D eigenvalue weighted by atomic mass is 16.6. The van der Waals surface area contributed by atoms with Gasteiger partial charge in [0.25, 0.3) is 0 Å². The molecule has 0 amide bonds. The third-order valence-corrected chi connectivity index (χ3v) is 4.00. The second-order valence-electron chi connectivity index (χ2n) is 5.61. The van der Waals surface area contributed by atoms with E-state index in [0.717, 1.165) is 5.56 Å². The van der Waals surface area contributed by atoms with Gasteiger partial charge in [-0.15, -0.1) is 0 Å². The first-order valence-corrected chi connectivity index (χ1v) is 7.95. The standard InChI is InChI=1S/C20H18O6/c1-12-19(13-4-6-14(23-2)7-5-13)20(22)16-9-8-15(10-17(16)26-12)25-11-18(21)24-3/h4-10H,11H2,1-3H3. The van der Waals surface area contributed by atoms with E-state index in [9.17, 15) is 9.59 Å². The zero-order valence-electron chi connectivity index (χ0n) is 14.7. The highest BCUT2D eigenvalue weighted by Gasteiger charge is 2.14. The molecule has 3 aromatic rings. The summed E-state index contributed by atoms with van der Waals surface area (Å²) in [5.41, 5.74) is 1.52. The normalized spacial score (nSPS) is 10.6. The number of aryl methyl sites for hydroxylation is 1. The molecule has 2 aromatic carbocycles. The largest absolute Gasteiger partial charge is 0.497 e. The van der Waals surface area contributed by atoms with Gasteiger partial charge in [0.05, 0.1) is 25.2 Å². The Kier molecular flexibility index (Phi) is 4.93. The van der Waals surface area contributed by atoms with Gasteiger partial charge in [-0.25, -0.2) is 4.79 Å². The summed E-state index contributed by atoms with van der Waals surface area (Å²) < 4.78 is 20.8. The lowest BCUT2D eigenvalue weighted by Gasteiger charge is -2.09. The molecule has 1 heterocycles. The minimum absolute atomic E-state index is 0.131. The van der Waals surface area contributed by atoms with E-state index >= 15 is 0 Å². The van der Waals surface area contributed by atoms with Crippen LogP contribution < -0.4 is 14.9 Å². The SMILES string of the molecule is COC(=O)COc1ccc2c(=O)c(-c3ccc(OC)cc3)c(C)oc2c1. The zero-order chi connectivity index (χ0) is 18.7. The summed E-state index contributed by atoms with van der Waals surface area (Å²) in [6, 6.07) is 12.1. The number of hydrogen-bond acceptors (Lipinski definition) is 6. The second kappa shape index (κ2) is 7.31. The first kappa shape index (κ1) is 17.5. The molecule has 26 heavy (non-hydrogen) atoms. The first-order valence-electron chi connectivity index (χ1n) is 7.95. The van der Waals surface area contributed by atoms with Crippen LogP contribution in [0.2, 0.25) is 0 Å². The van der Waals surface area contributed by atoms with Gasteiger partial charge in [-0.3, -0.25) is 4.79 Å². The maximum absolute atomic E-state index is 12.9. The van der Waals surface area contributed by atoms with Crippen LogP contribution in [0, 0.1) is 6.92 Å². The van der Waals surface area contributed by atoms with Gasteiger partial charge < -0.3 is 18.6 Å². The molecule has 0 N–H and O–H groups in total. The monoisotopic (exact) mass is 354 g/mol. The topological polar surface area (TPSA) is 75.0 Å². The van der Waals surface area contributed by atoms with Crippen LogP contribution in [0.15, 0.2) is 51.7 Å². The Morgan fingerprint density at radius 1 is 1.04 bits per heavy atom. The predicted octanol–water partition coefficient (Wildman–Crippen LogP) is 3.33. The summed E-state index contributed by atoms with van der Waals surface area (Å²) in [5, 5.41) is 0.437. The Morgan fingerprint density at radius 2 is 1.73 bits per heavy atom. The molecule has 3 rings (SSSR count). The third kappa shape index (κ3) is 3.39. The molecule has 0 fully saturated rings. The fourth-order valence-electron chi connectivity index (χ4n) is 2.67. The summed E-state index contributed by atoms with van der Waals surface area (Å²) in [4.78, 5) is 24.1. The lowest BCUT2D eigenvalue weighted by molar-refractivity contribution is -0.142. The van der Waals surface area contributed by atoms with Crippen LogP contribution in [0.1, 0.15) is 5.76 Å². The number of esters is 1. The number of carbonyl (C=O) groups excluding carboxylic acids is 1. The molecular formula is C20H18O6. The van der Waals surface area contributed by atoms with E-state index in [2.05, 4.69) is 4.74 Å². The average Bonchev–Trinajstić information content (AvgIpc) is 2.66. The smallest absolute Gasteiger partial charge is 0.343 e. The molecule has 0 aliphatic carbocycles. The predicted molar refractivity (Wildman–Crippen MR) is 96.7 cm³/mol. The fraction of sp³-hybridized carbons (Fsp3) is 0.200. The Morgan fingerprint density at radius 3 is 2.38 bits per heavy atom. The van der Waals surface area contributed by atoms with Crippen LogP contribution in [-0.4, -0.2) is 26.8 Å². The number of carbonyl (C=O) groups is 1. The molecular weight excluding hydrogens is 336 g/mol. The number of methoxy groups -OCH3 is 2. The molecule has 0 radical (unpaired) electrons. The summed E-state index contributed by atoms with van der Waals surface area (Å²) in [5.74, 6) is 1.14. The Labute approximate surface area is 149 Å². The molecule has 0 saturated heterocycles. The van der Waals surface area contributed by atoms with Gasteiger partial charge in [-0.1, -0.05) is 12.1 Å². The van der Waals surface area contributed by atoms with Gasteiger partial charge in [0.15, 0.2) is 6.61 Å². The summed E-state index contributed by atoms with van der Waals surface area (Å²) >= 11 is 0. The molecule has 0 bridgehead atoms. The van der Waals surface area contributed by atoms with E-state index in [1.165, 1.54) is 7.11 Å². The summed E-state index contributed by atoms with van der Waals surface area (Å²) in [6.45, 7) is 1.53. The van der Waals surface area contributed by atoms with Crippen LogP contribution in [0.3, 0.4) is 0 Å². The molecule has 0 spiro atoms. The molecule has 1 aromatic heterocycles.